The first kappa shape index (κ1) is 14.7. The highest BCUT2D eigenvalue weighted by Gasteiger charge is 2.15. The zero-order valence-electron chi connectivity index (χ0n) is 12.6. The Morgan fingerprint density at radius 1 is 1.23 bits per heavy atom. The maximum Gasteiger partial charge on any atom is 0.157 e. The van der Waals surface area contributed by atoms with Gasteiger partial charge in [0, 0.05) is 23.8 Å². The van der Waals surface area contributed by atoms with E-state index in [0.29, 0.717) is 22.1 Å². The molecule has 1 aromatic carbocycles. The molecular formula is C16H16ClN3O2. The van der Waals surface area contributed by atoms with E-state index in [0.717, 1.165) is 11.1 Å². The van der Waals surface area contributed by atoms with E-state index in [1.807, 2.05) is 44.3 Å². The fourth-order valence-corrected chi connectivity index (χ4v) is 2.51. The van der Waals surface area contributed by atoms with Gasteiger partial charge in [-0.05, 0) is 32.0 Å². The number of pyridine rings is 1. The molecule has 0 fully saturated rings. The van der Waals surface area contributed by atoms with Gasteiger partial charge in [0.25, 0.3) is 0 Å². The Morgan fingerprint density at radius 2 is 2.05 bits per heavy atom. The zero-order valence-corrected chi connectivity index (χ0v) is 13.3. The molecule has 0 saturated heterocycles. The summed E-state index contributed by atoms with van der Waals surface area (Å²) in [5.41, 5.74) is 0.629. The molecule has 0 aliphatic carbocycles. The van der Waals surface area contributed by atoms with Gasteiger partial charge in [0.2, 0.25) is 0 Å². The van der Waals surface area contributed by atoms with Crippen molar-refractivity contribution in [2.45, 2.75) is 20.0 Å². The summed E-state index contributed by atoms with van der Waals surface area (Å²) in [4.78, 5) is 4.60. The van der Waals surface area contributed by atoms with Crippen molar-refractivity contribution in [2.75, 3.05) is 7.11 Å². The van der Waals surface area contributed by atoms with Crippen LogP contribution >= 0.6 is 11.6 Å². The molecule has 6 heteroatoms. The standard InChI is InChI=1S/C16H16ClN3O2/c1-10(2)22-13-9-14(20-8-4-7-18-20)19-16-11(13)5-6-12(21-3)15(16)17/h4-10H,1-3H3. The molecule has 2 aromatic heterocycles. The Labute approximate surface area is 133 Å². The molecule has 22 heavy (non-hydrogen) atoms. The van der Waals surface area contributed by atoms with Crippen LogP contribution in [-0.2, 0) is 0 Å². The topological polar surface area (TPSA) is 49.2 Å². The summed E-state index contributed by atoms with van der Waals surface area (Å²) in [6.07, 6.45) is 3.56. The minimum atomic E-state index is 0.0388. The lowest BCUT2D eigenvalue weighted by atomic mass is 10.2. The molecule has 114 valence electrons. The van der Waals surface area contributed by atoms with E-state index in [-0.39, 0.29) is 6.10 Å². The number of hydrogen-bond acceptors (Lipinski definition) is 4. The fourth-order valence-electron chi connectivity index (χ4n) is 2.23. The van der Waals surface area contributed by atoms with Gasteiger partial charge >= 0.3 is 0 Å². The van der Waals surface area contributed by atoms with Crippen LogP contribution in [0.1, 0.15) is 13.8 Å². The molecule has 0 bridgehead atoms. The van der Waals surface area contributed by atoms with Gasteiger partial charge in [-0.25, -0.2) is 9.67 Å². The van der Waals surface area contributed by atoms with Crippen LogP contribution in [-0.4, -0.2) is 28.0 Å². The molecule has 0 aliphatic rings. The fraction of sp³-hybridized carbons (Fsp3) is 0.250. The van der Waals surface area contributed by atoms with Gasteiger partial charge in [-0.15, -0.1) is 0 Å². The van der Waals surface area contributed by atoms with E-state index in [1.165, 1.54) is 0 Å². The molecule has 5 nitrogen and oxygen atoms in total. The van der Waals surface area contributed by atoms with Crippen LogP contribution in [0.5, 0.6) is 11.5 Å². The summed E-state index contributed by atoms with van der Waals surface area (Å²) in [5.74, 6) is 1.94. The number of ether oxygens (including phenoxy) is 2. The van der Waals surface area contributed by atoms with Crippen LogP contribution in [0.2, 0.25) is 5.02 Å². The first-order valence-electron chi connectivity index (χ1n) is 6.94. The molecule has 0 radical (unpaired) electrons. The van der Waals surface area contributed by atoms with Crippen LogP contribution in [0, 0.1) is 0 Å². The molecule has 3 rings (SSSR count). The number of hydrogen-bond donors (Lipinski definition) is 0. The van der Waals surface area contributed by atoms with Crippen molar-refractivity contribution in [2.24, 2.45) is 0 Å². The van der Waals surface area contributed by atoms with Gasteiger partial charge in [0.1, 0.15) is 16.5 Å². The average molecular weight is 318 g/mol. The lowest BCUT2D eigenvalue weighted by molar-refractivity contribution is 0.245. The van der Waals surface area contributed by atoms with Crippen LogP contribution in [0.4, 0.5) is 0 Å². The molecule has 0 spiro atoms. The highest BCUT2D eigenvalue weighted by atomic mass is 35.5. The van der Waals surface area contributed by atoms with Gasteiger partial charge < -0.3 is 9.47 Å². The smallest absolute Gasteiger partial charge is 0.157 e. The lowest BCUT2D eigenvalue weighted by Gasteiger charge is -2.15. The second-order valence-corrected chi connectivity index (χ2v) is 5.45. The van der Waals surface area contributed by atoms with Crippen molar-refractivity contribution >= 4 is 22.5 Å². The summed E-state index contributed by atoms with van der Waals surface area (Å²) < 4.78 is 12.9. The first-order chi connectivity index (χ1) is 10.6. The molecule has 0 unspecified atom stereocenters. The largest absolute Gasteiger partial charge is 0.495 e. The highest BCUT2D eigenvalue weighted by Crippen LogP contribution is 2.37. The summed E-state index contributed by atoms with van der Waals surface area (Å²) in [5, 5.41) is 5.51. The maximum atomic E-state index is 6.41. The van der Waals surface area contributed by atoms with Crippen LogP contribution in [0.25, 0.3) is 16.7 Å². The van der Waals surface area contributed by atoms with Crippen molar-refractivity contribution < 1.29 is 9.47 Å². The van der Waals surface area contributed by atoms with E-state index >= 15 is 0 Å². The molecule has 2 heterocycles. The lowest BCUT2D eigenvalue weighted by Crippen LogP contribution is -2.08. The minimum Gasteiger partial charge on any atom is -0.495 e. The number of methoxy groups -OCH3 is 1. The molecular weight excluding hydrogens is 302 g/mol. The predicted molar refractivity (Wildman–Crippen MR) is 86.2 cm³/mol. The normalized spacial score (nSPS) is 11.1. The van der Waals surface area contributed by atoms with Crippen molar-refractivity contribution in [1.82, 2.24) is 14.8 Å². The maximum absolute atomic E-state index is 6.41. The molecule has 0 atom stereocenters. The Morgan fingerprint density at radius 3 is 2.68 bits per heavy atom. The molecule has 3 aromatic rings. The van der Waals surface area contributed by atoms with E-state index in [4.69, 9.17) is 21.1 Å². The molecule has 0 N–H and O–H groups in total. The average Bonchev–Trinajstić information content (AvgIpc) is 3.01. The van der Waals surface area contributed by atoms with Crippen molar-refractivity contribution in [3.8, 4) is 17.3 Å². The third-order valence-corrected chi connectivity index (χ3v) is 3.52. The highest BCUT2D eigenvalue weighted by molar-refractivity contribution is 6.36. The number of fused-ring (bicyclic) bond motifs is 1. The summed E-state index contributed by atoms with van der Waals surface area (Å²) in [6.45, 7) is 3.95. The quantitative estimate of drug-likeness (QED) is 0.733. The number of halogens is 1. The molecule has 0 aliphatic heterocycles. The Kier molecular flexibility index (Phi) is 3.90. The molecule has 0 amide bonds. The Balaban J connectivity index is 2.28. The number of aromatic nitrogens is 3. The van der Waals surface area contributed by atoms with Crippen LogP contribution in [0.3, 0.4) is 0 Å². The SMILES string of the molecule is COc1ccc2c(OC(C)C)cc(-n3cccn3)nc2c1Cl. The van der Waals surface area contributed by atoms with Gasteiger partial charge in [-0.1, -0.05) is 11.6 Å². The second-order valence-electron chi connectivity index (χ2n) is 5.07. The van der Waals surface area contributed by atoms with Crippen LogP contribution in [0.15, 0.2) is 36.7 Å². The van der Waals surface area contributed by atoms with E-state index < -0.39 is 0 Å². The minimum absolute atomic E-state index is 0.0388. The second kappa shape index (κ2) is 5.85. The van der Waals surface area contributed by atoms with Gasteiger partial charge in [0.15, 0.2) is 5.82 Å². The third kappa shape index (κ3) is 2.60. The van der Waals surface area contributed by atoms with Crippen LogP contribution < -0.4 is 9.47 Å². The van der Waals surface area contributed by atoms with Crippen molar-refractivity contribution in [3.05, 3.63) is 41.7 Å². The van der Waals surface area contributed by atoms with Crippen molar-refractivity contribution in [3.63, 3.8) is 0 Å². The summed E-state index contributed by atoms with van der Waals surface area (Å²) >= 11 is 6.41. The van der Waals surface area contributed by atoms with E-state index in [2.05, 4.69) is 10.1 Å². The number of benzene rings is 1. The summed E-state index contributed by atoms with van der Waals surface area (Å²) in [6, 6.07) is 7.41. The summed E-state index contributed by atoms with van der Waals surface area (Å²) in [7, 11) is 1.58. The monoisotopic (exact) mass is 317 g/mol. The third-order valence-electron chi connectivity index (χ3n) is 3.15. The van der Waals surface area contributed by atoms with Gasteiger partial charge in [0.05, 0.1) is 18.7 Å². The zero-order chi connectivity index (χ0) is 15.7. The van der Waals surface area contributed by atoms with E-state index in [9.17, 15) is 0 Å². The number of rotatable bonds is 4. The Bertz CT molecular complexity index is 801. The Hall–Kier alpha value is -2.27. The van der Waals surface area contributed by atoms with E-state index in [1.54, 1.807) is 18.0 Å². The number of nitrogens with zero attached hydrogens (tertiary/aromatic N) is 3. The van der Waals surface area contributed by atoms with Gasteiger partial charge in [-0.2, -0.15) is 5.10 Å². The van der Waals surface area contributed by atoms with Gasteiger partial charge in [-0.3, -0.25) is 0 Å². The molecule has 0 saturated carbocycles. The van der Waals surface area contributed by atoms with Crippen molar-refractivity contribution in [1.29, 1.82) is 0 Å². The first-order valence-corrected chi connectivity index (χ1v) is 7.32. The predicted octanol–water partition coefficient (Wildman–Crippen LogP) is 3.87.